The molecular weight excluding hydrogens is 140 g/mol. The molecule has 1 amide bonds. The van der Waals surface area contributed by atoms with Crippen molar-refractivity contribution in [2.24, 2.45) is 0 Å². The third kappa shape index (κ3) is 1.32. The van der Waals surface area contributed by atoms with Gasteiger partial charge < -0.3 is 10.6 Å². The Morgan fingerprint density at radius 3 is 2.45 bits per heavy atom. The van der Waals surface area contributed by atoms with Gasteiger partial charge in [-0.15, -0.1) is 0 Å². The lowest BCUT2D eigenvalue weighted by atomic mass is 10.1. The third-order valence-corrected chi connectivity index (χ3v) is 1.47. The van der Waals surface area contributed by atoms with Crippen LogP contribution in [0.5, 0.6) is 0 Å². The second-order valence-electron chi connectivity index (χ2n) is 2.10. The predicted molar refractivity (Wildman–Crippen MR) is 43.6 cm³/mol. The summed E-state index contributed by atoms with van der Waals surface area (Å²) in [5.74, 6) is -0.103. The topological polar surface area (TPSA) is 41.1 Å². The molecule has 0 aliphatic carbocycles. The maximum atomic E-state index is 11.1. The number of allylic oxidation sites excluding steroid dienone is 1. The lowest BCUT2D eigenvalue weighted by Crippen LogP contribution is -2.40. The van der Waals surface area contributed by atoms with Crippen molar-refractivity contribution in [2.45, 2.75) is 0 Å². The van der Waals surface area contributed by atoms with E-state index in [0.29, 0.717) is 12.2 Å². The molecule has 0 unspecified atom stereocenters. The van der Waals surface area contributed by atoms with E-state index in [1.54, 1.807) is 6.08 Å². The number of carbonyl (C=O) groups is 1. The summed E-state index contributed by atoms with van der Waals surface area (Å²) in [4.78, 5) is 11.1. The maximum Gasteiger partial charge on any atom is 0.254 e. The number of amides is 1. The van der Waals surface area contributed by atoms with Crippen molar-refractivity contribution >= 4 is 5.91 Å². The van der Waals surface area contributed by atoms with Crippen LogP contribution in [0.1, 0.15) is 0 Å². The molecule has 0 aromatic heterocycles. The van der Waals surface area contributed by atoms with Crippen molar-refractivity contribution in [1.82, 2.24) is 10.6 Å². The summed E-state index contributed by atoms with van der Waals surface area (Å²) in [5, 5.41) is 5.58. The zero-order valence-corrected chi connectivity index (χ0v) is 6.18. The molecule has 0 aromatic rings. The quantitative estimate of drug-likeness (QED) is 0.594. The Morgan fingerprint density at radius 1 is 1.27 bits per heavy atom. The molecule has 1 rings (SSSR count). The van der Waals surface area contributed by atoms with Crippen LogP contribution in [-0.4, -0.2) is 12.6 Å². The Kier molecular flexibility index (Phi) is 2.11. The smallest absolute Gasteiger partial charge is 0.254 e. The van der Waals surface area contributed by atoms with E-state index >= 15 is 0 Å². The van der Waals surface area contributed by atoms with E-state index in [-0.39, 0.29) is 5.91 Å². The number of carbonyl (C=O) groups excluding carboxylic acids is 1. The first-order chi connectivity index (χ1) is 5.29. The van der Waals surface area contributed by atoms with Crippen molar-refractivity contribution in [3.05, 3.63) is 36.6 Å². The van der Waals surface area contributed by atoms with Crippen LogP contribution >= 0.6 is 0 Å². The summed E-state index contributed by atoms with van der Waals surface area (Å²) >= 11 is 0. The van der Waals surface area contributed by atoms with Gasteiger partial charge in [0.25, 0.3) is 5.91 Å². The van der Waals surface area contributed by atoms with Gasteiger partial charge in [0.2, 0.25) is 0 Å². The van der Waals surface area contributed by atoms with Gasteiger partial charge in [-0.3, -0.25) is 4.79 Å². The zero-order valence-electron chi connectivity index (χ0n) is 6.18. The molecule has 0 fully saturated rings. The molecule has 11 heavy (non-hydrogen) atoms. The largest absolute Gasteiger partial charge is 0.367 e. The molecule has 0 bridgehead atoms. The summed E-state index contributed by atoms with van der Waals surface area (Å²) in [7, 11) is 0. The average Bonchev–Trinajstić information content (AvgIpc) is 2.04. The van der Waals surface area contributed by atoms with Crippen molar-refractivity contribution < 1.29 is 4.79 Å². The van der Waals surface area contributed by atoms with Crippen molar-refractivity contribution in [2.75, 3.05) is 6.67 Å². The minimum absolute atomic E-state index is 0.103. The van der Waals surface area contributed by atoms with E-state index in [9.17, 15) is 4.79 Å². The Morgan fingerprint density at radius 2 is 2.00 bits per heavy atom. The van der Waals surface area contributed by atoms with Crippen LogP contribution < -0.4 is 10.6 Å². The molecule has 1 aliphatic rings. The summed E-state index contributed by atoms with van der Waals surface area (Å²) < 4.78 is 0. The lowest BCUT2D eigenvalue weighted by Gasteiger charge is -2.17. The number of hydrogen-bond donors (Lipinski definition) is 2. The third-order valence-electron chi connectivity index (χ3n) is 1.47. The molecule has 2 N–H and O–H groups in total. The van der Waals surface area contributed by atoms with Gasteiger partial charge in [0.15, 0.2) is 0 Å². The van der Waals surface area contributed by atoms with Crippen molar-refractivity contribution in [3.63, 3.8) is 0 Å². The SMILES string of the molecule is C=CC1=C(C=C)C(=O)NCN1. The normalized spacial score (nSPS) is 16.9. The van der Waals surface area contributed by atoms with Gasteiger partial charge in [-0.2, -0.15) is 0 Å². The van der Waals surface area contributed by atoms with Crippen LogP contribution in [0.2, 0.25) is 0 Å². The first-order valence-electron chi connectivity index (χ1n) is 3.31. The van der Waals surface area contributed by atoms with Gasteiger partial charge in [-0.05, 0) is 6.08 Å². The van der Waals surface area contributed by atoms with Crippen LogP contribution in [0, 0.1) is 0 Å². The monoisotopic (exact) mass is 150 g/mol. The van der Waals surface area contributed by atoms with Gasteiger partial charge in [-0.1, -0.05) is 19.2 Å². The second kappa shape index (κ2) is 3.05. The van der Waals surface area contributed by atoms with E-state index in [0.717, 1.165) is 5.70 Å². The average molecular weight is 150 g/mol. The predicted octanol–water partition coefficient (Wildman–Crippen LogP) is 0.289. The Bertz CT molecular complexity index is 240. The number of nitrogens with one attached hydrogen (secondary N) is 2. The zero-order chi connectivity index (χ0) is 8.27. The van der Waals surface area contributed by atoms with Crippen LogP contribution in [0.4, 0.5) is 0 Å². The van der Waals surface area contributed by atoms with Gasteiger partial charge in [0.05, 0.1) is 12.2 Å². The Hall–Kier alpha value is -1.51. The highest BCUT2D eigenvalue weighted by atomic mass is 16.1. The van der Waals surface area contributed by atoms with Gasteiger partial charge in [-0.25, -0.2) is 0 Å². The molecule has 0 saturated carbocycles. The molecule has 1 heterocycles. The van der Waals surface area contributed by atoms with Crippen LogP contribution in [0.25, 0.3) is 0 Å². The minimum atomic E-state index is -0.103. The molecule has 58 valence electrons. The van der Waals surface area contributed by atoms with Gasteiger partial charge >= 0.3 is 0 Å². The van der Waals surface area contributed by atoms with Gasteiger partial charge in [0, 0.05) is 5.70 Å². The highest BCUT2D eigenvalue weighted by molar-refractivity contribution is 5.97. The van der Waals surface area contributed by atoms with Crippen LogP contribution in [0.15, 0.2) is 36.6 Å². The van der Waals surface area contributed by atoms with E-state index in [1.807, 2.05) is 0 Å². The molecule has 1 aliphatic heterocycles. The first kappa shape index (κ1) is 7.60. The van der Waals surface area contributed by atoms with Crippen LogP contribution in [0.3, 0.4) is 0 Å². The summed E-state index contributed by atoms with van der Waals surface area (Å²) in [6, 6.07) is 0. The molecule has 0 radical (unpaired) electrons. The van der Waals surface area contributed by atoms with E-state index in [1.165, 1.54) is 6.08 Å². The van der Waals surface area contributed by atoms with Crippen molar-refractivity contribution in [1.29, 1.82) is 0 Å². The van der Waals surface area contributed by atoms with E-state index in [4.69, 9.17) is 0 Å². The summed E-state index contributed by atoms with van der Waals surface area (Å²) in [6.07, 6.45) is 3.12. The van der Waals surface area contributed by atoms with E-state index in [2.05, 4.69) is 23.8 Å². The fourth-order valence-corrected chi connectivity index (χ4v) is 0.917. The summed E-state index contributed by atoms with van der Waals surface area (Å²) in [5.41, 5.74) is 1.29. The molecule has 0 atom stereocenters. The van der Waals surface area contributed by atoms with Crippen LogP contribution in [-0.2, 0) is 4.79 Å². The first-order valence-corrected chi connectivity index (χ1v) is 3.31. The molecule has 0 saturated heterocycles. The standard InChI is InChI=1S/C8H10N2O/c1-3-6-7(4-2)9-5-10-8(6)11/h3-4,9H,1-2,5H2,(H,10,11). The number of hydrogen-bond acceptors (Lipinski definition) is 2. The molecule has 3 nitrogen and oxygen atoms in total. The van der Waals surface area contributed by atoms with Gasteiger partial charge in [0.1, 0.15) is 0 Å². The highest BCUT2D eigenvalue weighted by Crippen LogP contribution is 2.06. The maximum absolute atomic E-state index is 11.1. The molecule has 0 spiro atoms. The van der Waals surface area contributed by atoms with Crippen molar-refractivity contribution in [3.8, 4) is 0 Å². The second-order valence-corrected chi connectivity index (χ2v) is 2.10. The molecule has 3 heteroatoms. The lowest BCUT2D eigenvalue weighted by molar-refractivity contribution is -0.117. The minimum Gasteiger partial charge on any atom is -0.367 e. The molecule has 0 aromatic carbocycles. The summed E-state index contributed by atoms with van der Waals surface area (Å²) in [6.45, 7) is 7.55. The Balaban J connectivity index is 3.04. The Labute approximate surface area is 65.5 Å². The fraction of sp³-hybridized carbons (Fsp3) is 0.125. The molecular formula is C8H10N2O. The fourth-order valence-electron chi connectivity index (χ4n) is 0.917. The number of rotatable bonds is 2. The van der Waals surface area contributed by atoms with E-state index < -0.39 is 0 Å². The highest BCUT2D eigenvalue weighted by Gasteiger charge is 2.13.